The molecule has 1 nitrogen and oxygen atoms in total. The number of carbonyl (C=O) groups is 1. The maximum absolute atomic E-state index is 12.0. The molecule has 5 saturated carbocycles. The zero-order valence-corrected chi connectivity index (χ0v) is 20.1. The first-order valence-electron chi connectivity index (χ1n) is 12.9. The predicted molar refractivity (Wildman–Crippen MR) is 120 cm³/mol. The van der Waals surface area contributed by atoms with Crippen molar-refractivity contribution in [1.29, 1.82) is 0 Å². The Kier molecular flexibility index (Phi) is 6.44. The molecule has 0 amide bonds. The molecule has 0 aromatic carbocycles. The monoisotopic (exact) mass is 388 g/mol. The Morgan fingerprint density at radius 3 is 2.18 bits per heavy atom. The van der Waals surface area contributed by atoms with Gasteiger partial charge in [0.25, 0.3) is 0 Å². The molecule has 162 valence electrons. The van der Waals surface area contributed by atoms with Crippen LogP contribution >= 0.6 is 0 Å². The lowest BCUT2D eigenvalue weighted by Gasteiger charge is -2.59. The summed E-state index contributed by atoms with van der Waals surface area (Å²) in [5.41, 5.74) is 1.92. The minimum atomic E-state index is 0.494. The SMILES string of the molecule is CC.CCC.CCC1(C)C2CCC3C4CCC5CC(=O)CCC5(C)C4CCC321. The van der Waals surface area contributed by atoms with Gasteiger partial charge < -0.3 is 0 Å². The first-order valence-corrected chi connectivity index (χ1v) is 12.9. The zero-order valence-electron chi connectivity index (χ0n) is 20.1. The van der Waals surface area contributed by atoms with E-state index in [0.29, 0.717) is 22.5 Å². The minimum Gasteiger partial charge on any atom is -0.300 e. The molecule has 5 fully saturated rings. The summed E-state index contributed by atoms with van der Waals surface area (Å²) >= 11 is 0. The van der Waals surface area contributed by atoms with Gasteiger partial charge in [-0.3, -0.25) is 4.79 Å². The smallest absolute Gasteiger partial charge is 0.133 e. The fourth-order valence-corrected chi connectivity index (χ4v) is 9.22. The Morgan fingerprint density at radius 2 is 1.57 bits per heavy atom. The second kappa shape index (κ2) is 8.07. The average molecular weight is 389 g/mol. The molecule has 0 N–H and O–H groups in total. The Bertz CT molecular complexity index is 567. The van der Waals surface area contributed by atoms with Crippen molar-refractivity contribution in [1.82, 2.24) is 0 Å². The largest absolute Gasteiger partial charge is 0.300 e. The first kappa shape index (κ1) is 22.4. The standard InChI is InChI=1S/C22H34O.C3H8.C2H6/c1-4-21(3)19-8-7-18-16-6-5-14-13-15(23)9-11-20(14,2)17(16)10-12-22(18,19)21;1-3-2;1-2/h14,16-19H,4-13H2,1-3H3;3H2,1-2H3;1-2H3. The molecule has 1 heteroatoms. The highest BCUT2D eigenvalue weighted by atomic mass is 16.1. The maximum Gasteiger partial charge on any atom is 0.133 e. The van der Waals surface area contributed by atoms with Gasteiger partial charge in [0.05, 0.1) is 0 Å². The molecule has 0 radical (unpaired) electrons. The van der Waals surface area contributed by atoms with E-state index in [0.717, 1.165) is 41.9 Å². The highest BCUT2D eigenvalue weighted by Crippen LogP contribution is 2.85. The zero-order chi connectivity index (χ0) is 20.7. The molecular formula is C27H48O. The third kappa shape index (κ3) is 2.88. The van der Waals surface area contributed by atoms with Gasteiger partial charge in [0.1, 0.15) is 5.78 Å². The van der Waals surface area contributed by atoms with Crippen LogP contribution in [0.1, 0.15) is 119 Å². The van der Waals surface area contributed by atoms with Gasteiger partial charge in [0.15, 0.2) is 0 Å². The fourth-order valence-electron chi connectivity index (χ4n) is 9.22. The molecule has 0 heterocycles. The van der Waals surface area contributed by atoms with Crippen LogP contribution in [0.4, 0.5) is 0 Å². The van der Waals surface area contributed by atoms with Crippen LogP contribution < -0.4 is 0 Å². The van der Waals surface area contributed by atoms with Crippen molar-refractivity contribution >= 4 is 5.78 Å². The van der Waals surface area contributed by atoms with Gasteiger partial charge in [-0.2, -0.15) is 0 Å². The molecule has 0 aromatic heterocycles. The van der Waals surface area contributed by atoms with Gasteiger partial charge in [0.2, 0.25) is 0 Å². The summed E-state index contributed by atoms with van der Waals surface area (Å²) in [7, 11) is 0. The Morgan fingerprint density at radius 1 is 0.893 bits per heavy atom. The number of Topliss-reactive ketones (excluding diaryl/α,β-unsaturated/α-hetero) is 1. The van der Waals surface area contributed by atoms with Gasteiger partial charge in [-0.25, -0.2) is 0 Å². The lowest BCUT2D eigenvalue weighted by molar-refractivity contribution is -0.136. The molecule has 0 aromatic rings. The molecule has 8 unspecified atom stereocenters. The second-order valence-corrected chi connectivity index (χ2v) is 11.1. The summed E-state index contributed by atoms with van der Waals surface area (Å²) in [5.74, 6) is 5.30. The quantitative estimate of drug-likeness (QED) is 0.444. The normalized spacial score (nSPS) is 50.5. The summed E-state index contributed by atoms with van der Waals surface area (Å²) in [4.78, 5) is 12.0. The van der Waals surface area contributed by atoms with Crippen LogP contribution in [0.25, 0.3) is 0 Å². The van der Waals surface area contributed by atoms with Crippen molar-refractivity contribution in [2.75, 3.05) is 0 Å². The van der Waals surface area contributed by atoms with E-state index in [1.54, 1.807) is 0 Å². The third-order valence-electron chi connectivity index (χ3n) is 10.5. The molecule has 28 heavy (non-hydrogen) atoms. The molecule has 5 rings (SSSR count). The van der Waals surface area contributed by atoms with Crippen LogP contribution in [0.2, 0.25) is 0 Å². The Labute approximate surface area is 175 Å². The van der Waals surface area contributed by atoms with Crippen LogP contribution in [-0.4, -0.2) is 5.78 Å². The lowest BCUT2D eigenvalue weighted by Crippen LogP contribution is -2.52. The highest BCUT2D eigenvalue weighted by molar-refractivity contribution is 5.79. The van der Waals surface area contributed by atoms with Gasteiger partial charge in [-0.05, 0) is 97.2 Å². The van der Waals surface area contributed by atoms with E-state index >= 15 is 0 Å². The van der Waals surface area contributed by atoms with Crippen molar-refractivity contribution in [3.05, 3.63) is 0 Å². The van der Waals surface area contributed by atoms with E-state index in [-0.39, 0.29) is 0 Å². The van der Waals surface area contributed by atoms with Gasteiger partial charge in [-0.1, -0.05) is 54.9 Å². The van der Waals surface area contributed by atoms with Gasteiger partial charge in [0, 0.05) is 12.8 Å². The average Bonchev–Trinajstić information content (AvgIpc) is 3.01. The van der Waals surface area contributed by atoms with Crippen LogP contribution in [0, 0.1) is 45.8 Å². The Balaban J connectivity index is 0.000000414. The number of fused-ring (bicyclic) bond motifs is 4. The van der Waals surface area contributed by atoms with Crippen molar-refractivity contribution in [2.24, 2.45) is 45.8 Å². The van der Waals surface area contributed by atoms with E-state index in [9.17, 15) is 4.79 Å². The molecule has 8 atom stereocenters. The molecule has 1 spiro atoms. The first-order chi connectivity index (χ1) is 13.4. The molecule has 5 aliphatic carbocycles. The van der Waals surface area contributed by atoms with Gasteiger partial charge >= 0.3 is 0 Å². The lowest BCUT2D eigenvalue weighted by atomic mass is 9.46. The summed E-state index contributed by atoms with van der Waals surface area (Å²) in [6.07, 6.45) is 14.5. The van der Waals surface area contributed by atoms with Crippen molar-refractivity contribution in [3.63, 3.8) is 0 Å². The third-order valence-corrected chi connectivity index (χ3v) is 10.5. The summed E-state index contributed by atoms with van der Waals surface area (Å²) in [6.45, 7) is 15.9. The summed E-state index contributed by atoms with van der Waals surface area (Å²) in [6, 6.07) is 0. The highest BCUT2D eigenvalue weighted by Gasteiger charge is 2.79. The van der Waals surface area contributed by atoms with Gasteiger partial charge in [-0.15, -0.1) is 0 Å². The van der Waals surface area contributed by atoms with Crippen molar-refractivity contribution in [3.8, 4) is 0 Å². The van der Waals surface area contributed by atoms with Crippen LogP contribution in [-0.2, 0) is 4.79 Å². The molecule has 0 aliphatic heterocycles. The molecule has 5 aliphatic rings. The minimum absolute atomic E-state index is 0.494. The van der Waals surface area contributed by atoms with Crippen molar-refractivity contribution in [2.45, 2.75) is 119 Å². The van der Waals surface area contributed by atoms with E-state index in [4.69, 9.17) is 0 Å². The number of carbonyl (C=O) groups excluding carboxylic acids is 1. The fraction of sp³-hybridized carbons (Fsp3) is 0.963. The Hall–Kier alpha value is -0.330. The van der Waals surface area contributed by atoms with Crippen LogP contribution in [0.5, 0.6) is 0 Å². The van der Waals surface area contributed by atoms with Crippen LogP contribution in [0.3, 0.4) is 0 Å². The summed E-state index contributed by atoms with van der Waals surface area (Å²) < 4.78 is 0. The van der Waals surface area contributed by atoms with Crippen LogP contribution in [0.15, 0.2) is 0 Å². The van der Waals surface area contributed by atoms with E-state index in [2.05, 4.69) is 34.6 Å². The van der Waals surface area contributed by atoms with Crippen molar-refractivity contribution < 1.29 is 4.79 Å². The molecule has 0 bridgehead atoms. The topological polar surface area (TPSA) is 17.1 Å². The molecule has 0 saturated heterocycles. The predicted octanol–water partition coefficient (Wildman–Crippen LogP) is 8.07. The number of hydrogen-bond donors (Lipinski definition) is 0. The number of ketones is 1. The van der Waals surface area contributed by atoms with E-state index < -0.39 is 0 Å². The molecular weight excluding hydrogens is 340 g/mol. The summed E-state index contributed by atoms with van der Waals surface area (Å²) in [5, 5.41) is 0. The van der Waals surface area contributed by atoms with E-state index in [1.165, 1.54) is 57.8 Å². The second-order valence-electron chi connectivity index (χ2n) is 11.1. The van der Waals surface area contributed by atoms with E-state index in [1.807, 2.05) is 13.8 Å². The number of hydrogen-bond acceptors (Lipinski definition) is 1. The maximum atomic E-state index is 12.0. The number of rotatable bonds is 1.